The van der Waals surface area contributed by atoms with Gasteiger partial charge in [-0.25, -0.2) is 0 Å². The second kappa shape index (κ2) is 8.86. The summed E-state index contributed by atoms with van der Waals surface area (Å²) in [5.74, 6) is 0.00761. The first kappa shape index (κ1) is 19.7. The molecule has 0 heterocycles. The predicted octanol–water partition coefficient (Wildman–Crippen LogP) is 0.614. The number of methoxy groups -OCH3 is 1. The zero-order chi connectivity index (χ0) is 14.5. The quantitative estimate of drug-likeness (QED) is 0.566. The molecule has 0 aliphatic heterocycles. The van der Waals surface area contributed by atoms with Crippen molar-refractivity contribution < 1.29 is 25.7 Å². The van der Waals surface area contributed by atoms with Gasteiger partial charge in [-0.05, 0) is 19.1 Å². The SMILES string of the molecule is CCN(CC(O)CS(=O)(=O)O)c1cccc(OC)c1.[HH].[HH].[NaH]. The Bertz CT molecular complexity index is 518. The van der Waals surface area contributed by atoms with Crippen LogP contribution in [0.5, 0.6) is 5.75 Å². The van der Waals surface area contributed by atoms with Gasteiger partial charge >= 0.3 is 29.6 Å². The molecule has 20 heavy (non-hydrogen) atoms. The fraction of sp³-hybridized carbons (Fsp3) is 0.500. The number of nitrogens with zero attached hydrogens (tertiary/aromatic N) is 1. The minimum atomic E-state index is -4.17. The van der Waals surface area contributed by atoms with E-state index in [-0.39, 0.29) is 39.0 Å². The molecule has 0 radical (unpaired) electrons. The molecule has 0 spiro atoms. The second-order valence-electron chi connectivity index (χ2n) is 4.14. The molecule has 0 saturated heterocycles. The van der Waals surface area contributed by atoms with Crippen LogP contribution in [-0.4, -0.2) is 79.7 Å². The van der Waals surface area contributed by atoms with Gasteiger partial charge in [0.2, 0.25) is 0 Å². The van der Waals surface area contributed by atoms with Crippen LogP contribution in [0.15, 0.2) is 24.3 Å². The first-order chi connectivity index (χ1) is 8.85. The molecule has 2 N–H and O–H groups in total. The van der Waals surface area contributed by atoms with Crippen molar-refractivity contribution in [3.8, 4) is 5.75 Å². The summed E-state index contributed by atoms with van der Waals surface area (Å²) in [6.07, 6.45) is -1.15. The molecule has 0 amide bonds. The van der Waals surface area contributed by atoms with E-state index in [2.05, 4.69) is 0 Å². The molecule has 0 saturated carbocycles. The molecular weight excluding hydrogens is 293 g/mol. The van der Waals surface area contributed by atoms with Crippen LogP contribution in [0, 0.1) is 0 Å². The second-order valence-corrected chi connectivity index (χ2v) is 5.64. The third-order valence-electron chi connectivity index (χ3n) is 2.63. The maximum absolute atomic E-state index is 10.7. The van der Waals surface area contributed by atoms with E-state index in [1.54, 1.807) is 24.1 Å². The van der Waals surface area contributed by atoms with E-state index in [0.29, 0.717) is 12.3 Å². The zero-order valence-electron chi connectivity index (χ0n) is 11.0. The van der Waals surface area contributed by atoms with Gasteiger partial charge in [0.25, 0.3) is 10.1 Å². The van der Waals surface area contributed by atoms with Crippen molar-refractivity contribution in [1.29, 1.82) is 0 Å². The van der Waals surface area contributed by atoms with Crippen molar-refractivity contribution in [1.82, 2.24) is 0 Å². The van der Waals surface area contributed by atoms with Gasteiger partial charge in [0.05, 0.1) is 13.2 Å². The molecule has 1 rings (SSSR count). The molecule has 1 unspecified atom stereocenters. The molecule has 6 nitrogen and oxygen atoms in total. The Morgan fingerprint density at radius 1 is 1.45 bits per heavy atom. The Balaban J connectivity index is -0.00000120. The van der Waals surface area contributed by atoms with Crippen LogP contribution < -0.4 is 9.64 Å². The van der Waals surface area contributed by atoms with Crippen LogP contribution >= 0.6 is 0 Å². The van der Waals surface area contributed by atoms with E-state index in [1.807, 2.05) is 19.1 Å². The third kappa shape index (κ3) is 6.92. The number of anilines is 1. The molecule has 0 bridgehead atoms. The van der Waals surface area contributed by atoms with E-state index < -0.39 is 22.0 Å². The monoisotopic (exact) mass is 317 g/mol. The van der Waals surface area contributed by atoms with E-state index in [4.69, 9.17) is 9.29 Å². The normalized spacial score (nSPS) is 12.4. The number of aliphatic hydroxyl groups is 1. The summed E-state index contributed by atoms with van der Waals surface area (Å²) < 4.78 is 35.2. The van der Waals surface area contributed by atoms with Crippen molar-refractivity contribution in [3.05, 3.63) is 24.3 Å². The third-order valence-corrected chi connectivity index (χ3v) is 3.44. The number of ether oxygens (including phenoxy) is 1. The fourth-order valence-electron chi connectivity index (χ4n) is 1.77. The molecule has 0 aliphatic carbocycles. The van der Waals surface area contributed by atoms with Gasteiger partial charge in [-0.3, -0.25) is 4.55 Å². The summed E-state index contributed by atoms with van der Waals surface area (Å²) in [5.41, 5.74) is 0.816. The van der Waals surface area contributed by atoms with Gasteiger partial charge in [-0.1, -0.05) is 6.07 Å². The van der Waals surface area contributed by atoms with Crippen molar-refractivity contribution in [2.24, 2.45) is 0 Å². The summed E-state index contributed by atoms with van der Waals surface area (Å²) in [4.78, 5) is 1.80. The number of aliphatic hydroxyl groups excluding tert-OH is 1. The Morgan fingerprint density at radius 3 is 2.60 bits per heavy atom. The maximum atomic E-state index is 10.7. The van der Waals surface area contributed by atoms with Gasteiger partial charge < -0.3 is 14.7 Å². The van der Waals surface area contributed by atoms with Gasteiger partial charge in [0.15, 0.2) is 0 Å². The summed E-state index contributed by atoms with van der Waals surface area (Å²) in [6, 6.07) is 7.24. The molecule has 1 aromatic carbocycles. The van der Waals surface area contributed by atoms with Crippen LogP contribution in [0.4, 0.5) is 5.69 Å². The number of hydrogen-bond donors (Lipinski definition) is 2. The number of likely N-dealkylation sites (N-methyl/N-ethyl adjacent to an activating group) is 1. The average Bonchev–Trinajstić information content (AvgIpc) is 2.34. The molecule has 0 aromatic heterocycles. The van der Waals surface area contributed by atoms with Gasteiger partial charge in [-0.2, -0.15) is 8.42 Å². The van der Waals surface area contributed by atoms with Crippen LogP contribution in [0.1, 0.15) is 9.78 Å². The van der Waals surface area contributed by atoms with Crippen molar-refractivity contribution in [3.63, 3.8) is 0 Å². The van der Waals surface area contributed by atoms with Crippen LogP contribution in [0.3, 0.4) is 0 Å². The average molecular weight is 317 g/mol. The van der Waals surface area contributed by atoms with Crippen molar-refractivity contribution in [2.75, 3.05) is 30.9 Å². The Hall–Kier alpha value is -0.310. The van der Waals surface area contributed by atoms with Crippen molar-refractivity contribution >= 4 is 45.4 Å². The minimum absolute atomic E-state index is 0. The van der Waals surface area contributed by atoms with Crippen LogP contribution in [0.2, 0.25) is 0 Å². The summed E-state index contributed by atoms with van der Waals surface area (Å²) in [5, 5.41) is 9.66. The molecular formula is C12H24NNaO5S. The molecule has 114 valence electrons. The van der Waals surface area contributed by atoms with E-state index in [1.165, 1.54) is 0 Å². The van der Waals surface area contributed by atoms with E-state index >= 15 is 0 Å². The van der Waals surface area contributed by atoms with Gasteiger partial charge in [-0.15, -0.1) is 0 Å². The van der Waals surface area contributed by atoms with Gasteiger partial charge in [0.1, 0.15) is 11.5 Å². The van der Waals surface area contributed by atoms with Crippen LogP contribution in [0.25, 0.3) is 0 Å². The van der Waals surface area contributed by atoms with Crippen molar-refractivity contribution in [2.45, 2.75) is 13.0 Å². The summed E-state index contributed by atoms with van der Waals surface area (Å²) in [6.45, 7) is 2.60. The summed E-state index contributed by atoms with van der Waals surface area (Å²) in [7, 11) is -2.62. The summed E-state index contributed by atoms with van der Waals surface area (Å²) >= 11 is 0. The van der Waals surface area contributed by atoms with E-state index in [9.17, 15) is 13.5 Å². The molecule has 0 fully saturated rings. The Labute approximate surface area is 144 Å². The number of hydrogen-bond acceptors (Lipinski definition) is 5. The predicted molar refractivity (Wildman–Crippen MR) is 84.7 cm³/mol. The van der Waals surface area contributed by atoms with Gasteiger partial charge in [0, 0.05) is 27.7 Å². The fourth-order valence-corrected chi connectivity index (χ4v) is 2.37. The molecule has 8 heteroatoms. The number of rotatable bonds is 7. The molecule has 1 atom stereocenters. The van der Waals surface area contributed by atoms with Crippen LogP contribution in [-0.2, 0) is 10.1 Å². The zero-order valence-corrected chi connectivity index (χ0v) is 11.8. The molecule has 1 aromatic rings. The first-order valence-electron chi connectivity index (χ1n) is 5.88. The standard InChI is InChI=1S/C12H19NO5S.Na.2H2.H/c1-3-13(8-11(14)9-19(15,16)17)10-5-4-6-12(7-10)18-2;;;;/h4-7,11,14H,3,8-9H2,1-2H3,(H,15,16,17);;2*1H;. The number of benzene rings is 1. The molecule has 0 aliphatic rings. The topological polar surface area (TPSA) is 87.1 Å². The Morgan fingerprint density at radius 2 is 2.10 bits per heavy atom. The Kier molecular flexibility index (Phi) is 8.72. The first-order valence-corrected chi connectivity index (χ1v) is 7.49. The van der Waals surface area contributed by atoms with E-state index in [0.717, 1.165) is 5.69 Å².